The van der Waals surface area contributed by atoms with E-state index in [-0.39, 0.29) is 11.3 Å². The number of nitrogens with zero attached hydrogens (tertiary/aromatic N) is 1. The molecule has 0 aromatic carbocycles. The highest BCUT2D eigenvalue weighted by Gasteiger charge is 2.35. The highest BCUT2D eigenvalue weighted by molar-refractivity contribution is 5.94. The fourth-order valence-electron chi connectivity index (χ4n) is 1.99. The third-order valence-electron chi connectivity index (χ3n) is 3.22. The van der Waals surface area contributed by atoms with Crippen LogP contribution in [-0.4, -0.2) is 39.4 Å². The van der Waals surface area contributed by atoms with E-state index >= 15 is 0 Å². The molecule has 20 heavy (non-hydrogen) atoms. The van der Waals surface area contributed by atoms with Gasteiger partial charge in [0.15, 0.2) is 11.9 Å². The fourth-order valence-corrected chi connectivity index (χ4v) is 1.99. The smallest absolute Gasteiger partial charge is 0.332 e. The lowest BCUT2D eigenvalue weighted by Crippen LogP contribution is -2.30. The van der Waals surface area contributed by atoms with Gasteiger partial charge in [-0.05, 0) is 12.8 Å². The first-order valence-corrected chi connectivity index (χ1v) is 6.52. The second-order valence-corrected chi connectivity index (χ2v) is 5.94. The number of hydrogen-bond acceptors (Lipinski definition) is 4. The SMILES string of the molecule is CC(C)(C)c1cc(NC(=O)[C@@H]2CC[C@H](C(=O)O)O2)n[nH]1. The Morgan fingerprint density at radius 2 is 2.05 bits per heavy atom. The first-order chi connectivity index (χ1) is 9.27. The van der Waals surface area contributed by atoms with E-state index in [4.69, 9.17) is 9.84 Å². The van der Waals surface area contributed by atoms with Gasteiger partial charge in [0, 0.05) is 17.2 Å². The van der Waals surface area contributed by atoms with E-state index in [1.54, 1.807) is 6.07 Å². The Kier molecular flexibility index (Phi) is 3.80. The first-order valence-electron chi connectivity index (χ1n) is 6.52. The summed E-state index contributed by atoms with van der Waals surface area (Å²) in [4.78, 5) is 22.7. The summed E-state index contributed by atoms with van der Waals surface area (Å²) in [7, 11) is 0. The Balaban J connectivity index is 1.95. The maximum atomic E-state index is 12.0. The lowest BCUT2D eigenvalue weighted by atomic mass is 9.92. The molecular weight excluding hydrogens is 262 g/mol. The van der Waals surface area contributed by atoms with Crippen molar-refractivity contribution in [2.24, 2.45) is 0 Å². The van der Waals surface area contributed by atoms with Crippen LogP contribution in [0.2, 0.25) is 0 Å². The molecule has 7 heteroatoms. The third-order valence-corrected chi connectivity index (χ3v) is 3.22. The van der Waals surface area contributed by atoms with E-state index in [1.165, 1.54) is 0 Å². The summed E-state index contributed by atoms with van der Waals surface area (Å²) in [5.74, 6) is -0.974. The van der Waals surface area contributed by atoms with Gasteiger partial charge >= 0.3 is 5.97 Å². The minimum atomic E-state index is -1.03. The molecular formula is C13H19N3O4. The molecule has 1 aromatic rings. The number of carboxylic acids is 1. The zero-order chi connectivity index (χ0) is 14.9. The van der Waals surface area contributed by atoms with Crippen molar-refractivity contribution in [3.05, 3.63) is 11.8 Å². The third kappa shape index (κ3) is 3.16. The highest BCUT2D eigenvalue weighted by atomic mass is 16.5. The molecule has 7 nitrogen and oxygen atoms in total. The zero-order valence-electron chi connectivity index (χ0n) is 11.8. The van der Waals surface area contributed by atoms with E-state index in [9.17, 15) is 9.59 Å². The van der Waals surface area contributed by atoms with E-state index in [1.807, 2.05) is 20.8 Å². The lowest BCUT2D eigenvalue weighted by Gasteiger charge is -2.14. The van der Waals surface area contributed by atoms with Crippen molar-refractivity contribution >= 4 is 17.7 Å². The molecule has 1 aliphatic heterocycles. The number of aromatic amines is 1. The van der Waals surface area contributed by atoms with Gasteiger partial charge < -0.3 is 15.2 Å². The molecule has 1 amide bonds. The number of ether oxygens (including phenoxy) is 1. The number of H-pyrrole nitrogens is 1. The molecule has 1 saturated heterocycles. The van der Waals surface area contributed by atoms with Crippen LogP contribution < -0.4 is 5.32 Å². The van der Waals surface area contributed by atoms with Gasteiger partial charge in [-0.3, -0.25) is 9.89 Å². The number of aromatic nitrogens is 2. The van der Waals surface area contributed by atoms with Crippen LogP contribution in [0.15, 0.2) is 6.07 Å². The number of nitrogens with one attached hydrogen (secondary N) is 2. The number of carboxylic acid groups (broad SMARTS) is 1. The van der Waals surface area contributed by atoms with Gasteiger partial charge in [-0.25, -0.2) is 4.79 Å². The molecule has 2 rings (SSSR count). The highest BCUT2D eigenvalue weighted by Crippen LogP contribution is 2.24. The normalized spacial score (nSPS) is 22.8. The molecule has 0 aliphatic carbocycles. The summed E-state index contributed by atoms with van der Waals surface area (Å²) in [5, 5.41) is 18.3. The van der Waals surface area contributed by atoms with Gasteiger partial charge in [-0.2, -0.15) is 5.10 Å². The molecule has 0 unspecified atom stereocenters. The monoisotopic (exact) mass is 281 g/mol. The molecule has 1 aromatic heterocycles. The van der Waals surface area contributed by atoms with Crippen LogP contribution in [0.3, 0.4) is 0 Å². The molecule has 0 saturated carbocycles. The Hall–Kier alpha value is -1.89. The van der Waals surface area contributed by atoms with Gasteiger partial charge in [0.05, 0.1) is 0 Å². The summed E-state index contributed by atoms with van der Waals surface area (Å²) in [6.45, 7) is 6.09. The number of carbonyl (C=O) groups excluding carboxylic acids is 1. The first kappa shape index (κ1) is 14.5. The number of anilines is 1. The van der Waals surface area contributed by atoms with Gasteiger partial charge in [-0.15, -0.1) is 0 Å². The predicted octanol–water partition coefficient (Wildman–Crippen LogP) is 1.28. The van der Waals surface area contributed by atoms with Crippen molar-refractivity contribution in [2.75, 3.05) is 5.32 Å². The summed E-state index contributed by atoms with van der Waals surface area (Å²) < 4.78 is 5.18. The largest absolute Gasteiger partial charge is 0.479 e. The molecule has 110 valence electrons. The van der Waals surface area contributed by atoms with Crippen LogP contribution in [0.25, 0.3) is 0 Å². The fraction of sp³-hybridized carbons (Fsp3) is 0.615. The maximum Gasteiger partial charge on any atom is 0.332 e. The topological polar surface area (TPSA) is 104 Å². The number of rotatable bonds is 3. The van der Waals surface area contributed by atoms with Crippen LogP contribution in [-0.2, 0) is 19.7 Å². The lowest BCUT2D eigenvalue weighted by molar-refractivity contribution is -0.150. The van der Waals surface area contributed by atoms with E-state index < -0.39 is 18.2 Å². The van der Waals surface area contributed by atoms with Crippen LogP contribution in [0.1, 0.15) is 39.3 Å². The Labute approximate surface area is 116 Å². The van der Waals surface area contributed by atoms with Crippen molar-refractivity contribution in [3.63, 3.8) is 0 Å². The molecule has 0 bridgehead atoms. The number of hydrogen-bond donors (Lipinski definition) is 3. The molecule has 3 N–H and O–H groups in total. The summed E-state index contributed by atoms with van der Waals surface area (Å²) in [5.41, 5.74) is 0.817. The molecule has 1 aliphatic rings. The predicted molar refractivity (Wildman–Crippen MR) is 71.4 cm³/mol. The Morgan fingerprint density at radius 3 is 2.55 bits per heavy atom. The minimum Gasteiger partial charge on any atom is -0.479 e. The average molecular weight is 281 g/mol. The van der Waals surface area contributed by atoms with Crippen molar-refractivity contribution in [2.45, 2.75) is 51.2 Å². The van der Waals surface area contributed by atoms with Crippen molar-refractivity contribution in [1.82, 2.24) is 10.2 Å². The molecule has 2 heterocycles. The van der Waals surface area contributed by atoms with Gasteiger partial charge in [0.25, 0.3) is 5.91 Å². The van der Waals surface area contributed by atoms with Crippen LogP contribution in [0, 0.1) is 0 Å². The van der Waals surface area contributed by atoms with Crippen LogP contribution in [0.4, 0.5) is 5.82 Å². The van der Waals surface area contributed by atoms with Gasteiger partial charge in [0.2, 0.25) is 0 Å². The molecule has 1 fully saturated rings. The van der Waals surface area contributed by atoms with Crippen LogP contribution >= 0.6 is 0 Å². The zero-order valence-corrected chi connectivity index (χ0v) is 11.8. The summed E-state index contributed by atoms with van der Waals surface area (Å²) >= 11 is 0. The van der Waals surface area contributed by atoms with E-state index in [2.05, 4.69) is 15.5 Å². The quantitative estimate of drug-likeness (QED) is 0.774. The molecule has 0 radical (unpaired) electrons. The number of amides is 1. The number of aliphatic carboxylic acids is 1. The van der Waals surface area contributed by atoms with Gasteiger partial charge in [-0.1, -0.05) is 20.8 Å². The molecule has 0 spiro atoms. The van der Waals surface area contributed by atoms with E-state index in [0.717, 1.165) is 5.69 Å². The van der Waals surface area contributed by atoms with Crippen molar-refractivity contribution < 1.29 is 19.4 Å². The second kappa shape index (κ2) is 5.24. The Morgan fingerprint density at radius 1 is 1.40 bits per heavy atom. The standard InChI is InChI=1S/C13H19N3O4/c1-13(2,3)9-6-10(16-15-9)14-11(17)7-4-5-8(20-7)12(18)19/h6-8H,4-5H2,1-3H3,(H,18,19)(H2,14,15,16,17)/t7-,8+/m0/s1. The van der Waals surface area contributed by atoms with Crippen molar-refractivity contribution in [1.29, 1.82) is 0 Å². The van der Waals surface area contributed by atoms with Crippen LogP contribution in [0.5, 0.6) is 0 Å². The van der Waals surface area contributed by atoms with Crippen molar-refractivity contribution in [3.8, 4) is 0 Å². The van der Waals surface area contributed by atoms with E-state index in [0.29, 0.717) is 18.7 Å². The summed E-state index contributed by atoms with van der Waals surface area (Å²) in [6.07, 6.45) is -0.874. The second-order valence-electron chi connectivity index (χ2n) is 5.94. The molecule has 2 atom stereocenters. The average Bonchev–Trinajstić information content (AvgIpc) is 2.95. The maximum absolute atomic E-state index is 12.0. The Bertz CT molecular complexity index is 518. The van der Waals surface area contributed by atoms with Gasteiger partial charge in [0.1, 0.15) is 6.10 Å². The minimum absolute atomic E-state index is 0.0890. The number of carbonyl (C=O) groups is 2. The summed E-state index contributed by atoms with van der Waals surface area (Å²) in [6, 6.07) is 1.77.